The summed E-state index contributed by atoms with van der Waals surface area (Å²) < 4.78 is 1.34. The van der Waals surface area contributed by atoms with Crippen molar-refractivity contribution in [2.45, 2.75) is 52.4 Å². The van der Waals surface area contributed by atoms with Gasteiger partial charge in [-0.2, -0.15) is 0 Å². The van der Waals surface area contributed by atoms with Gasteiger partial charge in [-0.25, -0.2) is 0 Å². The van der Waals surface area contributed by atoms with Crippen LogP contribution in [0, 0.1) is 6.92 Å². The molecule has 0 N–H and O–H groups in total. The Bertz CT molecular complexity index is 2450. The molecule has 1 aromatic heterocycles. The van der Waals surface area contributed by atoms with Gasteiger partial charge >= 0.3 is 0 Å². The molecule has 0 unspecified atom stereocenters. The smallest absolute Gasteiger partial charge is 0.0361 e. The molecule has 7 aromatic rings. The molecule has 0 bridgehead atoms. The van der Waals surface area contributed by atoms with Crippen molar-refractivity contribution in [2.24, 2.45) is 0 Å². The molecule has 0 nitrogen and oxygen atoms in total. The van der Waals surface area contributed by atoms with Crippen LogP contribution in [0.5, 0.6) is 0 Å². The molecule has 2 aliphatic rings. The topological polar surface area (TPSA) is 0 Å². The molecule has 0 fully saturated rings. The van der Waals surface area contributed by atoms with Gasteiger partial charge in [0, 0.05) is 20.4 Å². The Labute approximate surface area is 282 Å². The lowest BCUT2D eigenvalue weighted by molar-refractivity contribution is 0.601. The zero-order chi connectivity index (χ0) is 32.2. The normalized spacial score (nSPS) is 15.5. The summed E-state index contributed by atoms with van der Waals surface area (Å²) in [4.78, 5) is 1.34. The number of allylic oxidation sites excluding steroid dienone is 1. The van der Waals surface area contributed by atoms with Crippen LogP contribution in [0.25, 0.3) is 65.2 Å². The van der Waals surface area contributed by atoms with Crippen molar-refractivity contribution < 1.29 is 0 Å². The molecule has 1 heteroatoms. The van der Waals surface area contributed by atoms with E-state index in [2.05, 4.69) is 163 Å². The van der Waals surface area contributed by atoms with Crippen LogP contribution >= 0.6 is 11.3 Å². The van der Waals surface area contributed by atoms with Crippen LogP contribution < -0.4 is 0 Å². The van der Waals surface area contributed by atoms with E-state index in [-0.39, 0.29) is 10.8 Å². The van der Waals surface area contributed by atoms with E-state index < -0.39 is 0 Å². The number of hydrogen-bond acceptors (Lipinski definition) is 1. The Morgan fingerprint density at radius 1 is 0.596 bits per heavy atom. The van der Waals surface area contributed by atoms with Crippen LogP contribution in [0.3, 0.4) is 0 Å². The van der Waals surface area contributed by atoms with Gasteiger partial charge in [0.25, 0.3) is 0 Å². The maximum absolute atomic E-state index is 2.53. The molecule has 0 amide bonds. The molecule has 0 spiro atoms. The van der Waals surface area contributed by atoms with Crippen molar-refractivity contribution in [3.05, 3.63) is 154 Å². The van der Waals surface area contributed by atoms with E-state index in [1.165, 1.54) is 98.1 Å². The highest BCUT2D eigenvalue weighted by molar-refractivity contribution is 7.22. The van der Waals surface area contributed by atoms with E-state index in [4.69, 9.17) is 0 Å². The number of thiophene rings is 1. The van der Waals surface area contributed by atoms with Crippen LogP contribution in [0.4, 0.5) is 0 Å². The van der Waals surface area contributed by atoms with Gasteiger partial charge in [0.15, 0.2) is 0 Å². The summed E-state index contributed by atoms with van der Waals surface area (Å²) in [6.07, 6.45) is 2.34. The predicted molar refractivity (Wildman–Crippen MR) is 205 cm³/mol. The van der Waals surface area contributed by atoms with E-state index >= 15 is 0 Å². The highest BCUT2D eigenvalue weighted by Gasteiger charge is 2.46. The minimum atomic E-state index is -0.145. The fourth-order valence-corrected chi connectivity index (χ4v) is 9.78. The van der Waals surface area contributed by atoms with Crippen LogP contribution in [0.1, 0.15) is 73.6 Å². The molecular weight excluding hydrogens is 585 g/mol. The summed E-state index contributed by atoms with van der Waals surface area (Å²) in [6.45, 7) is 14.3. The first-order valence-corrected chi connectivity index (χ1v) is 17.6. The summed E-state index contributed by atoms with van der Waals surface area (Å²) in [6, 6.07) is 43.4. The van der Waals surface area contributed by atoms with Crippen molar-refractivity contribution in [2.75, 3.05) is 0 Å². The van der Waals surface area contributed by atoms with Crippen LogP contribution in [0.2, 0.25) is 0 Å². The number of hydrogen-bond donors (Lipinski definition) is 0. The lowest BCUT2D eigenvalue weighted by atomic mass is 9.72. The van der Waals surface area contributed by atoms with E-state index in [0.717, 1.165) is 0 Å². The van der Waals surface area contributed by atoms with E-state index in [1.807, 2.05) is 11.3 Å². The van der Waals surface area contributed by atoms with Crippen molar-refractivity contribution >= 4 is 43.8 Å². The van der Waals surface area contributed by atoms with Gasteiger partial charge in [0.05, 0.1) is 0 Å². The molecule has 47 heavy (non-hydrogen) atoms. The monoisotopic (exact) mass is 622 g/mol. The van der Waals surface area contributed by atoms with Gasteiger partial charge in [-0.15, -0.1) is 11.3 Å². The highest BCUT2D eigenvalue weighted by atomic mass is 32.1. The zero-order valence-electron chi connectivity index (χ0n) is 28.0. The van der Waals surface area contributed by atoms with Crippen molar-refractivity contribution in [1.29, 1.82) is 0 Å². The van der Waals surface area contributed by atoms with Gasteiger partial charge in [-0.3, -0.25) is 0 Å². The number of benzene rings is 6. The molecule has 2 aliphatic carbocycles. The Morgan fingerprint density at radius 3 is 2.06 bits per heavy atom. The van der Waals surface area contributed by atoms with Crippen molar-refractivity contribution in [3.8, 4) is 32.7 Å². The summed E-state index contributed by atoms with van der Waals surface area (Å²) in [5, 5.41) is 4.02. The molecule has 0 atom stereocenters. The SMILES string of the molecule is C/C(=C\c1ccccc1C)c1ccc2c(c1)C(C)(C)c1c-2ccc2c1C(C)(C)c1cc(-c3cc4ccccc4s3)c3ccccc3c1-2. The standard InChI is InChI=1S/C46H38S/c1-27-13-7-8-14-29(27)23-28(2)30-19-20-33-35-21-22-36-42-34-17-11-10-16-32(34)37(41-25-31-15-9-12-18-40(31)47-41)26-39(42)46(5,6)44(36)43(35)45(3,4)38(33)24-30/h7-26H,1-6H3/b28-23+. The van der Waals surface area contributed by atoms with Crippen LogP contribution in [-0.2, 0) is 10.8 Å². The maximum atomic E-state index is 2.53. The second-order valence-corrected chi connectivity index (χ2v) is 15.7. The quantitative estimate of drug-likeness (QED) is 0.172. The average Bonchev–Trinajstić information content (AvgIpc) is 3.68. The number of fused-ring (bicyclic) bond motifs is 10. The summed E-state index contributed by atoms with van der Waals surface area (Å²) in [7, 11) is 0. The maximum Gasteiger partial charge on any atom is 0.0361 e. The third kappa shape index (κ3) is 3.99. The summed E-state index contributed by atoms with van der Waals surface area (Å²) >= 11 is 1.91. The third-order valence-electron chi connectivity index (χ3n) is 11.1. The lowest BCUT2D eigenvalue weighted by Crippen LogP contribution is -2.24. The summed E-state index contributed by atoms with van der Waals surface area (Å²) in [5.74, 6) is 0. The molecule has 0 saturated carbocycles. The van der Waals surface area contributed by atoms with Gasteiger partial charge in [-0.1, -0.05) is 125 Å². The molecule has 1 heterocycles. The Balaban J connectivity index is 1.23. The zero-order valence-corrected chi connectivity index (χ0v) is 28.8. The minimum absolute atomic E-state index is 0.127. The minimum Gasteiger partial charge on any atom is -0.135 e. The van der Waals surface area contributed by atoms with E-state index in [9.17, 15) is 0 Å². The molecule has 9 rings (SSSR count). The van der Waals surface area contributed by atoms with E-state index in [0.29, 0.717) is 0 Å². The van der Waals surface area contributed by atoms with Crippen LogP contribution in [0.15, 0.2) is 115 Å². The number of rotatable bonds is 3. The van der Waals surface area contributed by atoms with Crippen molar-refractivity contribution in [3.63, 3.8) is 0 Å². The predicted octanol–water partition coefficient (Wildman–Crippen LogP) is 13.2. The van der Waals surface area contributed by atoms with Crippen LogP contribution in [-0.4, -0.2) is 0 Å². The first-order valence-electron chi connectivity index (χ1n) is 16.8. The molecule has 0 aliphatic heterocycles. The Morgan fingerprint density at radius 2 is 1.26 bits per heavy atom. The van der Waals surface area contributed by atoms with Gasteiger partial charge < -0.3 is 0 Å². The molecule has 228 valence electrons. The summed E-state index contributed by atoms with van der Waals surface area (Å²) in [5.41, 5.74) is 17.7. The highest BCUT2D eigenvalue weighted by Crippen LogP contribution is 2.61. The largest absolute Gasteiger partial charge is 0.135 e. The first-order chi connectivity index (χ1) is 22.6. The molecule has 0 saturated heterocycles. The average molecular weight is 623 g/mol. The Hall–Kier alpha value is -4.72. The lowest BCUT2D eigenvalue weighted by Gasteiger charge is -2.31. The third-order valence-corrected chi connectivity index (χ3v) is 12.3. The molecule has 0 radical (unpaired) electrons. The van der Waals surface area contributed by atoms with Gasteiger partial charge in [0.1, 0.15) is 0 Å². The fourth-order valence-electron chi connectivity index (χ4n) is 8.69. The fraction of sp³-hybridized carbons (Fsp3) is 0.174. The second kappa shape index (κ2) is 9.89. The number of aryl methyl sites for hydroxylation is 1. The Kier molecular flexibility index (Phi) is 6.00. The van der Waals surface area contributed by atoms with E-state index in [1.54, 1.807) is 0 Å². The van der Waals surface area contributed by atoms with Crippen molar-refractivity contribution in [1.82, 2.24) is 0 Å². The molecule has 6 aromatic carbocycles. The first kappa shape index (κ1) is 28.5. The second-order valence-electron chi connectivity index (χ2n) is 14.6. The van der Waals surface area contributed by atoms with Gasteiger partial charge in [0.2, 0.25) is 0 Å². The molecular formula is C46H38S. The van der Waals surface area contributed by atoms with Gasteiger partial charge in [-0.05, 0) is 127 Å².